The molecule has 0 aromatic heterocycles. The molecule has 2 atom stereocenters. The number of primary amides is 1. The summed E-state index contributed by atoms with van der Waals surface area (Å²) < 4.78 is 0. The Morgan fingerprint density at radius 2 is 2.28 bits per heavy atom. The summed E-state index contributed by atoms with van der Waals surface area (Å²) in [5.41, 5.74) is 4.99. The van der Waals surface area contributed by atoms with E-state index in [2.05, 4.69) is 5.32 Å². The second kappa shape index (κ2) is 5.26. The van der Waals surface area contributed by atoms with Crippen molar-refractivity contribution in [1.29, 1.82) is 0 Å². The summed E-state index contributed by atoms with van der Waals surface area (Å²) in [4.78, 5) is 25.4. The number of nitrogens with zero attached hydrogens (tertiary/aromatic N) is 1. The van der Waals surface area contributed by atoms with Gasteiger partial charge in [0.05, 0.1) is 5.41 Å². The Bertz CT molecular complexity index is 337. The van der Waals surface area contributed by atoms with Gasteiger partial charge in [0.25, 0.3) is 0 Å². The SMILES string of the molecule is CC1(C(=O)N2CCCC(CC(N)=O)C2)CCNC1. The summed E-state index contributed by atoms with van der Waals surface area (Å²) in [6.45, 7) is 5.23. The van der Waals surface area contributed by atoms with E-state index in [4.69, 9.17) is 5.73 Å². The minimum Gasteiger partial charge on any atom is -0.370 e. The van der Waals surface area contributed by atoms with Gasteiger partial charge in [0.2, 0.25) is 11.8 Å². The van der Waals surface area contributed by atoms with Gasteiger partial charge in [0, 0.05) is 26.1 Å². The zero-order valence-corrected chi connectivity index (χ0v) is 11.1. The first kappa shape index (κ1) is 13.3. The minimum atomic E-state index is -0.261. The number of nitrogens with one attached hydrogen (secondary N) is 1. The summed E-state index contributed by atoms with van der Waals surface area (Å²) in [5, 5.41) is 3.25. The van der Waals surface area contributed by atoms with Crippen molar-refractivity contribution in [3.63, 3.8) is 0 Å². The van der Waals surface area contributed by atoms with Gasteiger partial charge in [-0.2, -0.15) is 0 Å². The van der Waals surface area contributed by atoms with Crippen LogP contribution < -0.4 is 11.1 Å². The van der Waals surface area contributed by atoms with Crippen LogP contribution in [0.25, 0.3) is 0 Å². The van der Waals surface area contributed by atoms with Gasteiger partial charge in [-0.3, -0.25) is 9.59 Å². The molecule has 2 saturated heterocycles. The van der Waals surface area contributed by atoms with Gasteiger partial charge in [-0.25, -0.2) is 0 Å². The molecular weight excluding hydrogens is 230 g/mol. The second-order valence-electron chi connectivity index (χ2n) is 5.92. The standard InChI is InChI=1S/C13H23N3O2/c1-13(4-5-15-9-13)12(18)16-6-2-3-10(8-16)7-11(14)17/h10,15H,2-9H2,1H3,(H2,14,17). The van der Waals surface area contributed by atoms with Crippen LogP contribution in [0.2, 0.25) is 0 Å². The Morgan fingerprint density at radius 3 is 2.89 bits per heavy atom. The van der Waals surface area contributed by atoms with Crippen molar-refractivity contribution in [1.82, 2.24) is 10.2 Å². The van der Waals surface area contributed by atoms with E-state index in [0.717, 1.165) is 38.9 Å². The summed E-state index contributed by atoms with van der Waals surface area (Å²) in [7, 11) is 0. The topological polar surface area (TPSA) is 75.4 Å². The Kier molecular flexibility index (Phi) is 3.90. The fraction of sp³-hybridized carbons (Fsp3) is 0.846. The average molecular weight is 253 g/mol. The molecule has 0 aromatic carbocycles. The molecule has 18 heavy (non-hydrogen) atoms. The molecule has 2 rings (SSSR count). The van der Waals surface area contributed by atoms with E-state index >= 15 is 0 Å². The summed E-state index contributed by atoms with van der Waals surface area (Å²) in [5.74, 6) is 0.225. The molecule has 2 fully saturated rings. The van der Waals surface area contributed by atoms with Crippen molar-refractivity contribution >= 4 is 11.8 Å². The van der Waals surface area contributed by atoms with Gasteiger partial charge in [-0.1, -0.05) is 0 Å². The molecule has 2 amide bonds. The smallest absolute Gasteiger partial charge is 0.229 e. The molecule has 0 aliphatic carbocycles. The maximum atomic E-state index is 12.5. The van der Waals surface area contributed by atoms with E-state index < -0.39 is 0 Å². The highest BCUT2D eigenvalue weighted by Crippen LogP contribution is 2.30. The normalized spacial score (nSPS) is 32.5. The molecule has 2 aliphatic heterocycles. The van der Waals surface area contributed by atoms with Crippen LogP contribution in [-0.2, 0) is 9.59 Å². The van der Waals surface area contributed by atoms with Crippen LogP contribution in [0.5, 0.6) is 0 Å². The van der Waals surface area contributed by atoms with Crippen LogP contribution in [0.3, 0.4) is 0 Å². The Hall–Kier alpha value is -1.10. The fourth-order valence-corrected chi connectivity index (χ4v) is 3.08. The first-order valence-electron chi connectivity index (χ1n) is 6.80. The van der Waals surface area contributed by atoms with E-state index in [1.165, 1.54) is 0 Å². The minimum absolute atomic E-state index is 0.238. The molecule has 2 heterocycles. The highest BCUT2D eigenvalue weighted by molar-refractivity contribution is 5.83. The molecule has 0 aromatic rings. The lowest BCUT2D eigenvalue weighted by Crippen LogP contribution is -2.48. The Labute approximate surface area is 108 Å². The van der Waals surface area contributed by atoms with Gasteiger partial charge in [-0.05, 0) is 38.6 Å². The van der Waals surface area contributed by atoms with Gasteiger partial charge >= 0.3 is 0 Å². The third-order valence-electron chi connectivity index (χ3n) is 4.18. The number of carbonyl (C=O) groups excluding carboxylic acids is 2. The molecule has 5 nitrogen and oxygen atoms in total. The van der Waals surface area contributed by atoms with Crippen molar-refractivity contribution < 1.29 is 9.59 Å². The Morgan fingerprint density at radius 1 is 1.50 bits per heavy atom. The molecule has 102 valence electrons. The predicted octanol–water partition coefficient (Wildman–Crippen LogP) is 0.100. The maximum absolute atomic E-state index is 12.5. The Balaban J connectivity index is 1.95. The van der Waals surface area contributed by atoms with Crippen molar-refractivity contribution in [2.45, 2.75) is 32.6 Å². The van der Waals surface area contributed by atoms with E-state index in [0.29, 0.717) is 13.0 Å². The van der Waals surface area contributed by atoms with Crippen LogP contribution in [0, 0.1) is 11.3 Å². The van der Waals surface area contributed by atoms with Crippen molar-refractivity contribution in [3.8, 4) is 0 Å². The molecule has 0 bridgehead atoms. The maximum Gasteiger partial charge on any atom is 0.229 e. The molecule has 0 saturated carbocycles. The fourth-order valence-electron chi connectivity index (χ4n) is 3.08. The first-order valence-corrected chi connectivity index (χ1v) is 6.80. The predicted molar refractivity (Wildman–Crippen MR) is 68.7 cm³/mol. The van der Waals surface area contributed by atoms with Crippen molar-refractivity contribution in [3.05, 3.63) is 0 Å². The molecule has 2 unspecified atom stereocenters. The number of carbonyl (C=O) groups is 2. The number of hydrogen-bond acceptors (Lipinski definition) is 3. The summed E-state index contributed by atoms with van der Waals surface area (Å²) in [6.07, 6.45) is 3.29. The van der Waals surface area contributed by atoms with Crippen LogP contribution in [0.15, 0.2) is 0 Å². The van der Waals surface area contributed by atoms with Crippen molar-refractivity contribution in [2.24, 2.45) is 17.1 Å². The van der Waals surface area contributed by atoms with Gasteiger partial charge < -0.3 is 16.0 Å². The number of likely N-dealkylation sites (tertiary alicyclic amines) is 1. The van der Waals surface area contributed by atoms with E-state index in [-0.39, 0.29) is 23.1 Å². The van der Waals surface area contributed by atoms with Crippen LogP contribution >= 0.6 is 0 Å². The third-order valence-corrected chi connectivity index (χ3v) is 4.18. The van der Waals surface area contributed by atoms with Gasteiger partial charge in [0.15, 0.2) is 0 Å². The van der Waals surface area contributed by atoms with Gasteiger partial charge in [0.1, 0.15) is 0 Å². The zero-order chi connectivity index (χ0) is 13.2. The lowest BCUT2D eigenvalue weighted by molar-refractivity contribution is -0.142. The van der Waals surface area contributed by atoms with E-state index in [1.54, 1.807) is 0 Å². The van der Waals surface area contributed by atoms with Crippen molar-refractivity contribution in [2.75, 3.05) is 26.2 Å². The monoisotopic (exact) mass is 253 g/mol. The summed E-state index contributed by atoms with van der Waals surface area (Å²) in [6, 6.07) is 0. The second-order valence-corrected chi connectivity index (χ2v) is 5.92. The lowest BCUT2D eigenvalue weighted by atomic mass is 9.86. The number of piperidine rings is 1. The number of amides is 2. The zero-order valence-electron chi connectivity index (χ0n) is 11.1. The molecule has 3 N–H and O–H groups in total. The van der Waals surface area contributed by atoms with E-state index in [1.807, 2.05) is 11.8 Å². The molecule has 0 spiro atoms. The molecule has 2 aliphatic rings. The quantitative estimate of drug-likeness (QED) is 0.749. The number of hydrogen-bond donors (Lipinski definition) is 2. The number of nitrogens with two attached hydrogens (primary N) is 1. The highest BCUT2D eigenvalue weighted by Gasteiger charge is 2.40. The molecular formula is C13H23N3O2. The summed E-state index contributed by atoms with van der Waals surface area (Å²) >= 11 is 0. The third kappa shape index (κ3) is 2.83. The molecule has 5 heteroatoms. The highest BCUT2D eigenvalue weighted by atomic mass is 16.2. The van der Waals surface area contributed by atoms with Gasteiger partial charge in [-0.15, -0.1) is 0 Å². The van der Waals surface area contributed by atoms with E-state index in [9.17, 15) is 9.59 Å². The van der Waals surface area contributed by atoms with Crippen LogP contribution in [-0.4, -0.2) is 42.9 Å². The van der Waals surface area contributed by atoms with Crippen LogP contribution in [0.4, 0.5) is 0 Å². The molecule has 0 radical (unpaired) electrons. The lowest BCUT2D eigenvalue weighted by Gasteiger charge is -2.37. The largest absolute Gasteiger partial charge is 0.370 e. The first-order chi connectivity index (χ1) is 8.51. The average Bonchev–Trinajstić information content (AvgIpc) is 2.76. The number of rotatable bonds is 3. The van der Waals surface area contributed by atoms with Crippen LogP contribution in [0.1, 0.15) is 32.6 Å².